The third-order valence-electron chi connectivity index (χ3n) is 4.38. The van der Waals surface area contributed by atoms with Gasteiger partial charge in [-0.15, -0.1) is 0 Å². The summed E-state index contributed by atoms with van der Waals surface area (Å²) in [6.07, 6.45) is 2.52. The lowest BCUT2D eigenvalue weighted by Gasteiger charge is -2.36. The Morgan fingerprint density at radius 2 is 1.88 bits per heavy atom. The highest BCUT2D eigenvalue weighted by Gasteiger charge is 2.22. The fourth-order valence-electron chi connectivity index (χ4n) is 3.00. The van der Waals surface area contributed by atoms with E-state index in [1.54, 1.807) is 13.3 Å². The Labute approximate surface area is 148 Å². The van der Waals surface area contributed by atoms with E-state index in [1.807, 2.05) is 41.3 Å². The van der Waals surface area contributed by atoms with Gasteiger partial charge in [-0.3, -0.25) is 4.98 Å². The van der Waals surface area contributed by atoms with Crippen molar-refractivity contribution < 1.29 is 9.53 Å². The molecule has 25 heavy (non-hydrogen) atoms. The SMILES string of the molecule is COc1ccccc1N1CCN(C(=O)NCCc2ccccn2)CC1. The number of para-hydroxylation sites is 2. The van der Waals surface area contributed by atoms with Gasteiger partial charge in [0, 0.05) is 51.0 Å². The molecule has 1 saturated heterocycles. The van der Waals surface area contributed by atoms with Crippen molar-refractivity contribution >= 4 is 11.7 Å². The van der Waals surface area contributed by atoms with Crippen LogP contribution in [0.3, 0.4) is 0 Å². The van der Waals surface area contributed by atoms with Crippen LogP contribution in [0.4, 0.5) is 10.5 Å². The smallest absolute Gasteiger partial charge is 0.317 e. The normalized spacial score (nSPS) is 14.3. The minimum absolute atomic E-state index is 0.00407. The van der Waals surface area contributed by atoms with Gasteiger partial charge in [0.15, 0.2) is 0 Å². The quantitative estimate of drug-likeness (QED) is 0.906. The number of nitrogens with zero attached hydrogens (tertiary/aromatic N) is 3. The van der Waals surface area contributed by atoms with Gasteiger partial charge in [-0.2, -0.15) is 0 Å². The van der Waals surface area contributed by atoms with Crippen LogP contribution < -0.4 is 15.0 Å². The number of amides is 2. The molecule has 2 heterocycles. The van der Waals surface area contributed by atoms with Gasteiger partial charge in [0.2, 0.25) is 0 Å². The summed E-state index contributed by atoms with van der Waals surface area (Å²) in [4.78, 5) is 20.7. The summed E-state index contributed by atoms with van der Waals surface area (Å²) in [5, 5.41) is 2.98. The molecule has 0 atom stereocenters. The number of rotatable bonds is 5. The van der Waals surface area contributed by atoms with Crippen molar-refractivity contribution in [1.82, 2.24) is 15.2 Å². The highest BCUT2D eigenvalue weighted by Crippen LogP contribution is 2.28. The summed E-state index contributed by atoms with van der Waals surface area (Å²) in [6.45, 7) is 3.60. The van der Waals surface area contributed by atoms with Crippen molar-refractivity contribution in [2.45, 2.75) is 6.42 Å². The van der Waals surface area contributed by atoms with Gasteiger partial charge in [0.1, 0.15) is 5.75 Å². The Bertz CT molecular complexity index is 685. The zero-order valence-corrected chi connectivity index (χ0v) is 14.5. The van der Waals surface area contributed by atoms with Crippen LogP contribution in [0.5, 0.6) is 5.75 Å². The second-order valence-electron chi connectivity index (χ2n) is 5.95. The van der Waals surface area contributed by atoms with E-state index in [1.165, 1.54) is 0 Å². The molecule has 6 nitrogen and oxygen atoms in total. The van der Waals surface area contributed by atoms with Crippen LogP contribution in [0.15, 0.2) is 48.7 Å². The van der Waals surface area contributed by atoms with Gasteiger partial charge >= 0.3 is 6.03 Å². The Kier molecular flexibility index (Phi) is 5.72. The Hall–Kier alpha value is -2.76. The predicted octanol–water partition coefficient (Wildman–Crippen LogP) is 2.16. The largest absolute Gasteiger partial charge is 0.495 e. The molecule has 2 aromatic rings. The number of piperazine rings is 1. The molecule has 0 radical (unpaired) electrons. The number of carbonyl (C=O) groups excluding carboxylic acids is 1. The first-order valence-corrected chi connectivity index (χ1v) is 8.58. The highest BCUT2D eigenvalue weighted by atomic mass is 16.5. The average Bonchev–Trinajstić information content (AvgIpc) is 2.69. The third kappa shape index (κ3) is 4.41. The van der Waals surface area contributed by atoms with Gasteiger partial charge in [0.25, 0.3) is 0 Å². The molecular weight excluding hydrogens is 316 g/mol. The van der Waals surface area contributed by atoms with Crippen molar-refractivity contribution in [3.05, 3.63) is 54.4 Å². The lowest BCUT2D eigenvalue weighted by molar-refractivity contribution is 0.194. The number of aromatic nitrogens is 1. The molecule has 1 fully saturated rings. The van der Waals surface area contributed by atoms with Crippen molar-refractivity contribution in [2.75, 3.05) is 44.7 Å². The molecule has 3 rings (SSSR count). The summed E-state index contributed by atoms with van der Waals surface area (Å²) < 4.78 is 5.43. The molecule has 0 bridgehead atoms. The van der Waals surface area contributed by atoms with Crippen LogP contribution in [0.1, 0.15) is 5.69 Å². The molecule has 0 aliphatic carbocycles. The summed E-state index contributed by atoms with van der Waals surface area (Å²) in [5.74, 6) is 0.871. The lowest BCUT2D eigenvalue weighted by Crippen LogP contribution is -2.52. The van der Waals surface area contributed by atoms with Crippen molar-refractivity contribution in [1.29, 1.82) is 0 Å². The maximum absolute atomic E-state index is 12.3. The molecule has 1 aromatic heterocycles. The molecule has 132 valence electrons. The summed E-state index contributed by atoms with van der Waals surface area (Å²) in [7, 11) is 1.68. The van der Waals surface area contributed by atoms with Gasteiger partial charge in [0.05, 0.1) is 12.8 Å². The molecule has 1 aliphatic rings. The molecule has 1 N–H and O–H groups in total. The molecule has 2 amide bonds. The van der Waals surface area contributed by atoms with Crippen LogP contribution in [0.25, 0.3) is 0 Å². The molecule has 0 spiro atoms. The first-order valence-electron chi connectivity index (χ1n) is 8.58. The van der Waals surface area contributed by atoms with Gasteiger partial charge in [-0.1, -0.05) is 18.2 Å². The van der Waals surface area contributed by atoms with Crippen molar-refractivity contribution in [3.8, 4) is 5.75 Å². The zero-order valence-electron chi connectivity index (χ0n) is 14.5. The summed E-state index contributed by atoms with van der Waals surface area (Å²) in [6, 6.07) is 13.8. The molecule has 0 saturated carbocycles. The second-order valence-corrected chi connectivity index (χ2v) is 5.95. The zero-order chi connectivity index (χ0) is 17.5. The van der Waals surface area contributed by atoms with Crippen LogP contribution in [0, 0.1) is 0 Å². The fraction of sp³-hybridized carbons (Fsp3) is 0.368. The van der Waals surface area contributed by atoms with Crippen LogP contribution in [-0.4, -0.2) is 55.7 Å². The number of benzene rings is 1. The first-order chi connectivity index (χ1) is 12.3. The number of methoxy groups -OCH3 is 1. The van der Waals surface area contributed by atoms with E-state index in [-0.39, 0.29) is 6.03 Å². The Balaban J connectivity index is 1.46. The third-order valence-corrected chi connectivity index (χ3v) is 4.38. The Morgan fingerprint density at radius 3 is 2.60 bits per heavy atom. The predicted molar refractivity (Wildman–Crippen MR) is 98.1 cm³/mol. The maximum Gasteiger partial charge on any atom is 0.317 e. The topological polar surface area (TPSA) is 57.7 Å². The number of anilines is 1. The lowest BCUT2D eigenvalue weighted by atomic mass is 10.2. The number of pyridine rings is 1. The number of hydrogen-bond acceptors (Lipinski definition) is 4. The summed E-state index contributed by atoms with van der Waals surface area (Å²) >= 11 is 0. The number of hydrogen-bond donors (Lipinski definition) is 1. The van der Waals surface area contributed by atoms with E-state index in [9.17, 15) is 4.79 Å². The average molecular weight is 340 g/mol. The molecule has 6 heteroatoms. The molecule has 1 aliphatic heterocycles. The van der Waals surface area contributed by atoms with Crippen LogP contribution in [-0.2, 0) is 6.42 Å². The van der Waals surface area contributed by atoms with Gasteiger partial charge in [-0.05, 0) is 24.3 Å². The molecule has 0 unspecified atom stereocenters. The minimum Gasteiger partial charge on any atom is -0.495 e. The van der Waals surface area contributed by atoms with Crippen LogP contribution in [0.2, 0.25) is 0 Å². The van der Waals surface area contributed by atoms with E-state index >= 15 is 0 Å². The van der Waals surface area contributed by atoms with Gasteiger partial charge < -0.3 is 19.9 Å². The molecule has 1 aromatic carbocycles. The van der Waals surface area contributed by atoms with E-state index in [2.05, 4.69) is 21.3 Å². The number of ether oxygens (including phenoxy) is 1. The summed E-state index contributed by atoms with van der Waals surface area (Å²) in [5.41, 5.74) is 2.07. The van der Waals surface area contributed by atoms with E-state index < -0.39 is 0 Å². The second kappa shape index (κ2) is 8.37. The number of carbonyl (C=O) groups is 1. The van der Waals surface area contributed by atoms with Crippen LogP contribution >= 0.6 is 0 Å². The van der Waals surface area contributed by atoms with E-state index in [4.69, 9.17) is 4.74 Å². The van der Waals surface area contributed by atoms with Crippen molar-refractivity contribution in [2.24, 2.45) is 0 Å². The monoisotopic (exact) mass is 340 g/mol. The fourth-order valence-corrected chi connectivity index (χ4v) is 3.00. The maximum atomic E-state index is 12.3. The van der Waals surface area contributed by atoms with Gasteiger partial charge in [-0.25, -0.2) is 4.79 Å². The Morgan fingerprint density at radius 1 is 1.12 bits per heavy atom. The van der Waals surface area contributed by atoms with E-state index in [0.29, 0.717) is 19.6 Å². The highest BCUT2D eigenvalue weighted by molar-refractivity contribution is 5.74. The standard InChI is InChI=1S/C19H24N4O2/c1-25-18-8-3-2-7-17(18)22-12-14-23(15-13-22)19(24)21-11-9-16-6-4-5-10-20-16/h2-8,10H,9,11-15H2,1H3,(H,21,24). The minimum atomic E-state index is -0.00407. The number of urea groups is 1. The van der Waals surface area contributed by atoms with Crippen molar-refractivity contribution in [3.63, 3.8) is 0 Å². The number of nitrogens with one attached hydrogen (secondary N) is 1. The van der Waals surface area contributed by atoms with E-state index in [0.717, 1.165) is 36.6 Å². The first kappa shape index (κ1) is 17.1. The molecular formula is C19H24N4O2.